The Morgan fingerprint density at radius 3 is 2.72 bits per heavy atom. The molecule has 0 N–H and O–H groups in total. The summed E-state index contributed by atoms with van der Waals surface area (Å²) in [6.07, 6.45) is 6.22. The number of hydrogen-bond acceptors (Lipinski definition) is 4. The monoisotopic (exact) mass is 255 g/mol. The van der Waals surface area contributed by atoms with E-state index in [1.54, 1.807) is 0 Å². The van der Waals surface area contributed by atoms with Crippen LogP contribution in [0, 0.1) is 12.3 Å². The first-order valence-corrected chi connectivity index (χ1v) is 6.19. The van der Waals surface area contributed by atoms with Crippen LogP contribution in [-0.2, 0) is 19.2 Å². The third-order valence-corrected chi connectivity index (χ3v) is 2.26. The van der Waals surface area contributed by atoms with E-state index in [1.807, 2.05) is 20.8 Å². The SMILES string of the molecule is C#CCOCCC(=O)ON1C(=O)CCC1C.CC. The third kappa shape index (κ3) is 5.69. The zero-order chi connectivity index (χ0) is 14.0. The smallest absolute Gasteiger partial charge is 0.334 e. The molecule has 18 heavy (non-hydrogen) atoms. The number of rotatable bonds is 5. The largest absolute Gasteiger partial charge is 0.368 e. The predicted molar refractivity (Wildman–Crippen MR) is 67.3 cm³/mol. The van der Waals surface area contributed by atoms with Gasteiger partial charge in [0, 0.05) is 6.42 Å². The van der Waals surface area contributed by atoms with Crippen molar-refractivity contribution in [1.29, 1.82) is 0 Å². The van der Waals surface area contributed by atoms with Crippen LogP contribution in [0.25, 0.3) is 0 Å². The van der Waals surface area contributed by atoms with Crippen molar-refractivity contribution in [3.05, 3.63) is 0 Å². The standard InChI is InChI=1S/C11H15NO4.C2H6/c1-3-7-15-8-6-11(14)16-12-9(2)4-5-10(12)13;1-2/h1,9H,4-8H2,2H3;1-2H3. The molecule has 5 nitrogen and oxygen atoms in total. The Morgan fingerprint density at radius 1 is 1.56 bits per heavy atom. The molecule has 102 valence electrons. The fourth-order valence-corrected chi connectivity index (χ4v) is 1.39. The fraction of sp³-hybridized carbons (Fsp3) is 0.692. The average molecular weight is 255 g/mol. The lowest BCUT2D eigenvalue weighted by atomic mass is 10.3. The summed E-state index contributed by atoms with van der Waals surface area (Å²) < 4.78 is 4.93. The number of terminal acetylenes is 1. The molecule has 0 aromatic carbocycles. The van der Waals surface area contributed by atoms with Gasteiger partial charge in [-0.3, -0.25) is 4.79 Å². The van der Waals surface area contributed by atoms with Gasteiger partial charge in [0.05, 0.1) is 19.1 Å². The van der Waals surface area contributed by atoms with Gasteiger partial charge >= 0.3 is 5.97 Å². The van der Waals surface area contributed by atoms with Crippen molar-refractivity contribution in [2.45, 2.75) is 46.1 Å². The minimum atomic E-state index is -0.473. The number of ether oxygens (including phenoxy) is 1. The maximum absolute atomic E-state index is 11.3. The molecule has 0 aromatic rings. The summed E-state index contributed by atoms with van der Waals surface area (Å²) in [7, 11) is 0. The second-order valence-corrected chi connectivity index (χ2v) is 3.58. The summed E-state index contributed by atoms with van der Waals surface area (Å²) in [5.41, 5.74) is 0. The summed E-state index contributed by atoms with van der Waals surface area (Å²) in [5, 5.41) is 1.14. The molecule has 0 saturated carbocycles. The first-order chi connectivity index (χ1) is 8.65. The van der Waals surface area contributed by atoms with Crippen molar-refractivity contribution in [1.82, 2.24) is 5.06 Å². The topological polar surface area (TPSA) is 55.8 Å². The quantitative estimate of drug-likeness (QED) is 0.552. The van der Waals surface area contributed by atoms with Crippen LogP contribution in [0.3, 0.4) is 0 Å². The van der Waals surface area contributed by atoms with E-state index in [1.165, 1.54) is 0 Å². The minimum Gasteiger partial charge on any atom is -0.368 e. The summed E-state index contributed by atoms with van der Waals surface area (Å²) in [6.45, 7) is 6.22. The van der Waals surface area contributed by atoms with Crippen LogP contribution in [0.1, 0.15) is 40.0 Å². The van der Waals surface area contributed by atoms with Crippen LogP contribution in [0.4, 0.5) is 0 Å². The fourth-order valence-electron chi connectivity index (χ4n) is 1.39. The van der Waals surface area contributed by atoms with E-state index >= 15 is 0 Å². The molecule has 0 radical (unpaired) electrons. The molecule has 0 aromatic heterocycles. The van der Waals surface area contributed by atoms with E-state index < -0.39 is 5.97 Å². The highest BCUT2D eigenvalue weighted by Crippen LogP contribution is 2.18. The van der Waals surface area contributed by atoms with Crippen LogP contribution >= 0.6 is 0 Å². The summed E-state index contributed by atoms with van der Waals surface area (Å²) in [5.74, 6) is 1.67. The molecule has 1 fully saturated rings. The Labute approximate surface area is 108 Å². The van der Waals surface area contributed by atoms with Crippen molar-refractivity contribution in [2.75, 3.05) is 13.2 Å². The second kappa shape index (κ2) is 9.49. The van der Waals surface area contributed by atoms with Gasteiger partial charge in [0.25, 0.3) is 5.91 Å². The van der Waals surface area contributed by atoms with Crippen LogP contribution in [0.5, 0.6) is 0 Å². The van der Waals surface area contributed by atoms with Gasteiger partial charge in [0.2, 0.25) is 0 Å². The molecule has 1 amide bonds. The van der Waals surface area contributed by atoms with Crippen molar-refractivity contribution >= 4 is 11.9 Å². The van der Waals surface area contributed by atoms with Gasteiger partial charge in [0.1, 0.15) is 6.61 Å². The number of hydroxylamine groups is 2. The molecule has 1 rings (SSSR count). The summed E-state index contributed by atoms with van der Waals surface area (Å²) >= 11 is 0. The summed E-state index contributed by atoms with van der Waals surface area (Å²) in [6, 6.07) is -0.0388. The van der Waals surface area contributed by atoms with Crippen LogP contribution in [-0.4, -0.2) is 36.2 Å². The predicted octanol–water partition coefficient (Wildman–Crippen LogP) is 1.52. The van der Waals surface area contributed by atoms with Gasteiger partial charge in [-0.05, 0) is 13.3 Å². The van der Waals surface area contributed by atoms with Crippen LogP contribution in [0.15, 0.2) is 0 Å². The van der Waals surface area contributed by atoms with E-state index in [-0.39, 0.29) is 31.6 Å². The van der Waals surface area contributed by atoms with Crippen LogP contribution < -0.4 is 0 Å². The molecule has 5 heteroatoms. The molecule has 1 atom stereocenters. The van der Waals surface area contributed by atoms with Gasteiger partial charge in [0.15, 0.2) is 0 Å². The Balaban J connectivity index is 0.00000137. The van der Waals surface area contributed by atoms with Gasteiger partial charge < -0.3 is 9.57 Å². The zero-order valence-corrected chi connectivity index (χ0v) is 11.3. The van der Waals surface area contributed by atoms with Crippen molar-refractivity contribution in [3.63, 3.8) is 0 Å². The molecule has 0 aliphatic carbocycles. The number of hydrogen-bond donors (Lipinski definition) is 0. The van der Waals surface area contributed by atoms with Crippen molar-refractivity contribution in [3.8, 4) is 12.3 Å². The molecular weight excluding hydrogens is 234 g/mol. The zero-order valence-electron chi connectivity index (χ0n) is 11.3. The van der Waals surface area contributed by atoms with E-state index in [0.717, 1.165) is 11.5 Å². The Bertz CT molecular complexity index is 309. The second-order valence-electron chi connectivity index (χ2n) is 3.58. The lowest BCUT2D eigenvalue weighted by molar-refractivity contribution is -0.200. The lowest BCUT2D eigenvalue weighted by Crippen LogP contribution is -2.33. The number of carbonyl (C=O) groups excluding carboxylic acids is 2. The van der Waals surface area contributed by atoms with Gasteiger partial charge in [-0.15, -0.1) is 6.42 Å². The van der Waals surface area contributed by atoms with Crippen LogP contribution in [0.2, 0.25) is 0 Å². The molecule has 1 aliphatic rings. The van der Waals surface area contributed by atoms with E-state index in [0.29, 0.717) is 6.42 Å². The number of nitrogens with zero attached hydrogens (tertiary/aromatic N) is 1. The molecule has 1 saturated heterocycles. The lowest BCUT2D eigenvalue weighted by Gasteiger charge is -2.19. The Kier molecular flexibility index (Phi) is 8.67. The maximum Gasteiger partial charge on any atom is 0.334 e. The molecular formula is C13H21NO4. The van der Waals surface area contributed by atoms with E-state index in [4.69, 9.17) is 16.0 Å². The van der Waals surface area contributed by atoms with E-state index in [9.17, 15) is 9.59 Å². The Morgan fingerprint density at radius 2 is 2.22 bits per heavy atom. The highest BCUT2D eigenvalue weighted by molar-refractivity contribution is 5.80. The summed E-state index contributed by atoms with van der Waals surface area (Å²) in [4.78, 5) is 27.5. The third-order valence-electron chi connectivity index (χ3n) is 2.26. The average Bonchev–Trinajstić information content (AvgIpc) is 2.69. The highest BCUT2D eigenvalue weighted by atomic mass is 16.7. The van der Waals surface area contributed by atoms with Gasteiger partial charge in [-0.1, -0.05) is 19.8 Å². The normalized spacial score (nSPS) is 17.8. The molecule has 1 heterocycles. The highest BCUT2D eigenvalue weighted by Gasteiger charge is 2.30. The molecule has 0 bridgehead atoms. The maximum atomic E-state index is 11.3. The van der Waals surface area contributed by atoms with Gasteiger partial charge in [-0.2, -0.15) is 5.06 Å². The molecule has 1 aliphatic heterocycles. The molecule has 1 unspecified atom stereocenters. The molecule has 0 spiro atoms. The number of amides is 1. The van der Waals surface area contributed by atoms with E-state index in [2.05, 4.69) is 5.92 Å². The van der Waals surface area contributed by atoms with Crippen molar-refractivity contribution in [2.24, 2.45) is 0 Å². The Hall–Kier alpha value is -1.54. The van der Waals surface area contributed by atoms with Gasteiger partial charge in [-0.25, -0.2) is 4.79 Å². The minimum absolute atomic E-state index is 0.0388. The first kappa shape index (κ1) is 16.5. The van der Waals surface area contributed by atoms with Crippen molar-refractivity contribution < 1.29 is 19.2 Å². The number of carbonyl (C=O) groups is 2. The first-order valence-electron chi connectivity index (χ1n) is 6.19.